The van der Waals surface area contributed by atoms with Gasteiger partial charge in [0.2, 0.25) is 0 Å². The molecule has 2 N–H and O–H groups in total. The van der Waals surface area contributed by atoms with Crippen LogP contribution in [0.15, 0.2) is 28.9 Å². The Kier molecular flexibility index (Phi) is 4.45. The van der Waals surface area contributed by atoms with Crippen LogP contribution in [0.3, 0.4) is 0 Å². The number of pyridine rings is 1. The molecule has 0 spiro atoms. The predicted octanol–water partition coefficient (Wildman–Crippen LogP) is 4.50. The van der Waals surface area contributed by atoms with Crippen LogP contribution in [0.1, 0.15) is 18.6 Å². The van der Waals surface area contributed by atoms with Crippen molar-refractivity contribution >= 4 is 33.3 Å². The van der Waals surface area contributed by atoms with Gasteiger partial charge in [-0.2, -0.15) is 0 Å². The van der Waals surface area contributed by atoms with Gasteiger partial charge in [0.25, 0.3) is 0 Å². The molecule has 2 aromatic rings. The Morgan fingerprint density at radius 1 is 1.35 bits per heavy atom. The zero-order chi connectivity index (χ0) is 14.9. The minimum Gasteiger partial charge on any atom is -0.482 e. The summed E-state index contributed by atoms with van der Waals surface area (Å²) in [6, 6.07) is 3.55. The Labute approximate surface area is 127 Å². The van der Waals surface area contributed by atoms with Crippen LogP contribution in [0.4, 0.5) is 14.6 Å². The van der Waals surface area contributed by atoms with Crippen molar-refractivity contribution in [1.82, 2.24) is 4.98 Å². The van der Waals surface area contributed by atoms with Crippen molar-refractivity contribution in [3.63, 3.8) is 0 Å². The van der Waals surface area contributed by atoms with Gasteiger partial charge >= 0.3 is 0 Å². The van der Waals surface area contributed by atoms with Gasteiger partial charge in [-0.3, -0.25) is 0 Å². The average Bonchev–Trinajstić information content (AvgIpc) is 2.39. The predicted molar refractivity (Wildman–Crippen MR) is 76.8 cm³/mol. The standard InChI is InChI=1S/C13H10BrClF2N2O/c1-6(11-8(16)2-3-9(17)12(11)15)20-10-4-7(14)5-19-13(10)18/h2-6H,1H3,(H2,18,19). The first-order chi connectivity index (χ1) is 9.40. The maximum absolute atomic E-state index is 13.8. The first-order valence-corrected chi connectivity index (χ1v) is 6.78. The highest BCUT2D eigenvalue weighted by Crippen LogP contribution is 2.33. The summed E-state index contributed by atoms with van der Waals surface area (Å²) in [5, 5.41) is -0.306. The zero-order valence-electron chi connectivity index (χ0n) is 10.3. The van der Waals surface area contributed by atoms with E-state index in [1.54, 1.807) is 13.0 Å². The minimum absolute atomic E-state index is 0.0638. The number of nitrogens with zero attached hydrogens (tertiary/aromatic N) is 1. The molecule has 0 amide bonds. The Morgan fingerprint density at radius 2 is 2.00 bits per heavy atom. The van der Waals surface area contributed by atoms with E-state index in [1.807, 2.05) is 0 Å². The van der Waals surface area contributed by atoms with Crippen molar-refractivity contribution in [1.29, 1.82) is 0 Å². The molecule has 0 saturated heterocycles. The van der Waals surface area contributed by atoms with E-state index in [0.717, 1.165) is 12.1 Å². The molecular formula is C13H10BrClF2N2O. The molecule has 1 aromatic heterocycles. The van der Waals surface area contributed by atoms with Crippen LogP contribution in [-0.4, -0.2) is 4.98 Å². The summed E-state index contributed by atoms with van der Waals surface area (Å²) in [5.74, 6) is -0.955. The first kappa shape index (κ1) is 15.0. The summed E-state index contributed by atoms with van der Waals surface area (Å²) in [5.41, 5.74) is 5.60. The Hall–Kier alpha value is -1.40. The van der Waals surface area contributed by atoms with Gasteiger partial charge in [0.15, 0.2) is 11.6 Å². The third-order valence-corrected chi connectivity index (χ3v) is 3.46. The van der Waals surface area contributed by atoms with Crippen LogP contribution in [-0.2, 0) is 0 Å². The number of hydrogen-bond donors (Lipinski definition) is 1. The summed E-state index contributed by atoms with van der Waals surface area (Å²) >= 11 is 9.00. The van der Waals surface area contributed by atoms with Gasteiger partial charge in [-0.05, 0) is 41.1 Å². The highest BCUT2D eigenvalue weighted by molar-refractivity contribution is 9.10. The SMILES string of the molecule is CC(Oc1cc(Br)cnc1N)c1c(F)ccc(F)c1Cl. The molecule has 1 atom stereocenters. The van der Waals surface area contributed by atoms with Crippen LogP contribution in [0.2, 0.25) is 5.02 Å². The second-order valence-electron chi connectivity index (χ2n) is 4.05. The number of ether oxygens (including phenoxy) is 1. The number of aromatic nitrogens is 1. The molecule has 2 rings (SSSR count). The minimum atomic E-state index is -0.823. The molecule has 106 valence electrons. The van der Waals surface area contributed by atoms with Crippen molar-refractivity contribution in [2.75, 3.05) is 5.73 Å². The molecule has 20 heavy (non-hydrogen) atoms. The van der Waals surface area contributed by atoms with Gasteiger partial charge in [0.1, 0.15) is 17.7 Å². The Balaban J connectivity index is 2.35. The molecule has 0 saturated carbocycles. The second-order valence-corrected chi connectivity index (χ2v) is 5.35. The number of anilines is 1. The van der Waals surface area contributed by atoms with E-state index in [9.17, 15) is 8.78 Å². The number of benzene rings is 1. The smallest absolute Gasteiger partial charge is 0.166 e. The van der Waals surface area contributed by atoms with E-state index in [2.05, 4.69) is 20.9 Å². The molecule has 0 aliphatic carbocycles. The van der Waals surface area contributed by atoms with Gasteiger partial charge in [0.05, 0.1) is 5.02 Å². The van der Waals surface area contributed by atoms with Crippen LogP contribution in [0.5, 0.6) is 5.75 Å². The number of hydrogen-bond acceptors (Lipinski definition) is 3. The molecule has 0 bridgehead atoms. The summed E-state index contributed by atoms with van der Waals surface area (Å²) in [4.78, 5) is 3.89. The van der Waals surface area contributed by atoms with Crippen molar-refractivity contribution in [2.45, 2.75) is 13.0 Å². The van der Waals surface area contributed by atoms with E-state index < -0.39 is 17.7 Å². The third kappa shape index (κ3) is 3.02. The fraction of sp³-hybridized carbons (Fsp3) is 0.154. The van der Waals surface area contributed by atoms with Gasteiger partial charge in [0, 0.05) is 16.2 Å². The van der Waals surface area contributed by atoms with Gasteiger partial charge in [-0.15, -0.1) is 0 Å². The average molecular weight is 364 g/mol. The van der Waals surface area contributed by atoms with Gasteiger partial charge < -0.3 is 10.5 Å². The Bertz CT molecular complexity index is 655. The van der Waals surface area contributed by atoms with Crippen molar-refractivity contribution in [3.8, 4) is 5.75 Å². The van der Waals surface area contributed by atoms with E-state index in [1.165, 1.54) is 6.20 Å². The molecular weight excluding hydrogens is 354 g/mol. The van der Waals surface area contributed by atoms with Gasteiger partial charge in [-0.1, -0.05) is 11.6 Å². The topological polar surface area (TPSA) is 48.1 Å². The fourth-order valence-corrected chi connectivity index (χ4v) is 2.31. The summed E-state index contributed by atoms with van der Waals surface area (Å²) in [6.45, 7) is 1.55. The normalized spacial score (nSPS) is 12.2. The van der Waals surface area contributed by atoms with Crippen LogP contribution in [0.25, 0.3) is 0 Å². The highest BCUT2D eigenvalue weighted by atomic mass is 79.9. The lowest BCUT2D eigenvalue weighted by Gasteiger charge is -2.18. The summed E-state index contributed by atoms with van der Waals surface area (Å²) in [6.07, 6.45) is 0.680. The molecule has 1 heterocycles. The molecule has 0 radical (unpaired) electrons. The first-order valence-electron chi connectivity index (χ1n) is 5.61. The van der Waals surface area contributed by atoms with E-state index in [0.29, 0.717) is 4.47 Å². The number of rotatable bonds is 3. The summed E-state index contributed by atoms with van der Waals surface area (Å²) in [7, 11) is 0. The molecule has 0 aliphatic heterocycles. The maximum atomic E-state index is 13.8. The molecule has 1 aromatic carbocycles. The molecule has 3 nitrogen and oxygen atoms in total. The molecule has 7 heteroatoms. The molecule has 0 aliphatic rings. The number of nitrogens with two attached hydrogens (primary N) is 1. The lowest BCUT2D eigenvalue weighted by atomic mass is 10.1. The fourth-order valence-electron chi connectivity index (χ4n) is 1.69. The lowest BCUT2D eigenvalue weighted by Crippen LogP contribution is -2.09. The van der Waals surface area contributed by atoms with Crippen molar-refractivity contribution in [2.24, 2.45) is 0 Å². The van der Waals surface area contributed by atoms with Crippen LogP contribution < -0.4 is 10.5 Å². The second kappa shape index (κ2) is 5.93. The largest absolute Gasteiger partial charge is 0.482 e. The lowest BCUT2D eigenvalue weighted by molar-refractivity contribution is 0.221. The van der Waals surface area contributed by atoms with Crippen LogP contribution in [0, 0.1) is 11.6 Å². The number of nitrogen functional groups attached to an aromatic ring is 1. The molecule has 0 fully saturated rings. The van der Waals surface area contributed by atoms with E-state index in [4.69, 9.17) is 22.1 Å². The Morgan fingerprint density at radius 3 is 2.70 bits per heavy atom. The van der Waals surface area contributed by atoms with Crippen molar-refractivity contribution in [3.05, 3.63) is 51.1 Å². The summed E-state index contributed by atoms with van der Waals surface area (Å²) < 4.78 is 33.4. The van der Waals surface area contributed by atoms with E-state index in [-0.39, 0.29) is 22.2 Å². The van der Waals surface area contributed by atoms with Crippen molar-refractivity contribution < 1.29 is 13.5 Å². The maximum Gasteiger partial charge on any atom is 0.166 e. The zero-order valence-corrected chi connectivity index (χ0v) is 12.7. The monoisotopic (exact) mass is 362 g/mol. The number of halogens is 4. The van der Waals surface area contributed by atoms with Gasteiger partial charge in [-0.25, -0.2) is 13.8 Å². The molecule has 1 unspecified atom stereocenters. The highest BCUT2D eigenvalue weighted by Gasteiger charge is 2.20. The quantitative estimate of drug-likeness (QED) is 0.817. The van der Waals surface area contributed by atoms with Crippen LogP contribution >= 0.6 is 27.5 Å². The third-order valence-electron chi connectivity index (χ3n) is 2.64. The van der Waals surface area contributed by atoms with E-state index >= 15 is 0 Å².